The van der Waals surface area contributed by atoms with E-state index in [4.69, 9.17) is 0 Å². The van der Waals surface area contributed by atoms with Gasteiger partial charge >= 0.3 is 6.41 Å². The van der Waals surface area contributed by atoms with Crippen LogP contribution in [0, 0.1) is 5.92 Å². The Balaban J connectivity index is 1.61. The fourth-order valence-corrected chi connectivity index (χ4v) is 6.89. The van der Waals surface area contributed by atoms with Crippen LogP contribution in [0.1, 0.15) is 42.9 Å². The van der Waals surface area contributed by atoms with Crippen LogP contribution in [0.25, 0.3) is 0 Å². The van der Waals surface area contributed by atoms with Crippen molar-refractivity contribution >= 4 is 17.7 Å². The number of phenols is 1. The molecule has 1 aliphatic heterocycles. The largest absolute Gasteiger partial charge is 0.508 e. The molecule has 2 aliphatic carbocycles. The Hall–Kier alpha value is -1.69. The van der Waals surface area contributed by atoms with Gasteiger partial charge in [-0.05, 0) is 85.2 Å². The van der Waals surface area contributed by atoms with Crippen molar-refractivity contribution < 1.29 is 14.4 Å². The van der Waals surface area contributed by atoms with Gasteiger partial charge in [-0.15, -0.1) is 0 Å². The SMILES string of the molecule is CC12CCN(CC3CC3)C(Cc3ccc(O)cc31)C2[N+](C)(C=O)Cc1ccsc1. The highest BCUT2D eigenvalue weighted by molar-refractivity contribution is 7.07. The Morgan fingerprint density at radius 3 is 2.86 bits per heavy atom. The molecule has 1 aromatic carbocycles. The molecule has 1 aromatic heterocycles. The zero-order valence-electron chi connectivity index (χ0n) is 17.4. The highest BCUT2D eigenvalue weighted by Gasteiger charge is 2.59. The maximum absolute atomic E-state index is 12.7. The van der Waals surface area contributed by atoms with Crippen molar-refractivity contribution in [3.8, 4) is 5.75 Å². The minimum absolute atomic E-state index is 0.122. The fraction of sp³-hybridized carbons (Fsp3) is 0.542. The molecule has 5 rings (SSSR count). The summed E-state index contributed by atoms with van der Waals surface area (Å²) in [6, 6.07) is 8.59. The van der Waals surface area contributed by atoms with Crippen LogP contribution in [0.15, 0.2) is 35.0 Å². The highest BCUT2D eigenvalue weighted by atomic mass is 32.1. The molecule has 154 valence electrons. The van der Waals surface area contributed by atoms with E-state index >= 15 is 0 Å². The molecule has 5 heteroatoms. The molecule has 2 bridgehead atoms. The molecule has 29 heavy (non-hydrogen) atoms. The monoisotopic (exact) mass is 411 g/mol. The highest BCUT2D eigenvalue weighted by Crippen LogP contribution is 2.50. The Morgan fingerprint density at radius 2 is 2.17 bits per heavy atom. The van der Waals surface area contributed by atoms with Crippen molar-refractivity contribution in [3.05, 3.63) is 51.7 Å². The lowest BCUT2D eigenvalue weighted by atomic mass is 9.60. The quantitative estimate of drug-likeness (QED) is 0.578. The van der Waals surface area contributed by atoms with E-state index in [-0.39, 0.29) is 11.5 Å². The van der Waals surface area contributed by atoms with E-state index in [1.54, 1.807) is 11.3 Å². The number of quaternary nitrogens is 1. The molecule has 2 heterocycles. The molecule has 0 radical (unpaired) electrons. The van der Waals surface area contributed by atoms with Crippen molar-refractivity contribution in [1.82, 2.24) is 4.90 Å². The molecule has 4 nitrogen and oxygen atoms in total. The number of likely N-dealkylation sites (tertiary alicyclic amines) is 1. The summed E-state index contributed by atoms with van der Waals surface area (Å²) in [4.78, 5) is 15.3. The number of carbonyl (C=O) groups is 1. The summed E-state index contributed by atoms with van der Waals surface area (Å²) < 4.78 is 0.397. The summed E-state index contributed by atoms with van der Waals surface area (Å²) in [6.45, 7) is 5.32. The van der Waals surface area contributed by atoms with Crippen LogP contribution in [-0.4, -0.2) is 53.1 Å². The average Bonchev–Trinajstić information content (AvgIpc) is 3.38. The minimum Gasteiger partial charge on any atom is -0.508 e. The molecular weight excluding hydrogens is 380 g/mol. The van der Waals surface area contributed by atoms with E-state index in [9.17, 15) is 9.90 Å². The molecule has 1 saturated carbocycles. The van der Waals surface area contributed by atoms with Crippen LogP contribution in [0.3, 0.4) is 0 Å². The second-order valence-electron chi connectivity index (χ2n) is 9.91. The first-order valence-corrected chi connectivity index (χ1v) is 11.8. The number of fused-ring (bicyclic) bond motifs is 4. The Labute approximate surface area is 177 Å². The number of amides is 1. The number of aromatic hydroxyl groups is 1. The van der Waals surface area contributed by atoms with Crippen LogP contribution in [-0.2, 0) is 23.2 Å². The second-order valence-corrected chi connectivity index (χ2v) is 10.7. The number of nitrogens with zero attached hydrogens (tertiary/aromatic N) is 2. The van der Waals surface area contributed by atoms with Gasteiger partial charge in [-0.1, -0.05) is 6.07 Å². The van der Waals surface area contributed by atoms with Gasteiger partial charge in [0, 0.05) is 17.5 Å². The summed E-state index contributed by atoms with van der Waals surface area (Å²) in [6.07, 6.45) is 5.88. The standard InChI is InChI=1S/C24H30N2O2S/c1-24-8-9-25(13-17-3-4-17)22(11-19-5-6-20(28)12-21(19)24)23(24)26(2,16-27)14-18-7-10-29-15-18/h5-7,10,12,15-17,22-23H,3-4,8-9,11,13-14H2,1-2H3/p+1. The van der Waals surface area contributed by atoms with Gasteiger partial charge < -0.3 is 5.11 Å². The molecule has 1 N–H and O–H groups in total. The van der Waals surface area contributed by atoms with Gasteiger partial charge in [0.2, 0.25) is 0 Å². The normalized spacial score (nSPS) is 31.1. The molecule has 2 fully saturated rings. The second kappa shape index (κ2) is 6.93. The molecule has 4 atom stereocenters. The number of rotatable bonds is 6. The smallest absolute Gasteiger partial charge is 0.301 e. The van der Waals surface area contributed by atoms with Gasteiger partial charge in [0.1, 0.15) is 18.3 Å². The van der Waals surface area contributed by atoms with Gasteiger partial charge in [0.05, 0.1) is 13.1 Å². The van der Waals surface area contributed by atoms with E-state index < -0.39 is 0 Å². The van der Waals surface area contributed by atoms with E-state index in [2.05, 4.69) is 41.8 Å². The van der Waals surface area contributed by atoms with E-state index in [0.29, 0.717) is 16.3 Å². The summed E-state index contributed by atoms with van der Waals surface area (Å²) in [5.74, 6) is 1.17. The van der Waals surface area contributed by atoms with Crippen molar-refractivity contribution in [3.63, 3.8) is 0 Å². The zero-order chi connectivity index (χ0) is 20.2. The Bertz CT molecular complexity index is 910. The number of hydrogen-bond donors (Lipinski definition) is 1. The summed E-state index contributed by atoms with van der Waals surface area (Å²) in [5.41, 5.74) is 3.71. The number of hydrogen-bond acceptors (Lipinski definition) is 4. The van der Waals surface area contributed by atoms with Gasteiger partial charge in [-0.2, -0.15) is 11.3 Å². The lowest BCUT2D eigenvalue weighted by Crippen LogP contribution is -2.72. The predicted molar refractivity (Wildman–Crippen MR) is 116 cm³/mol. The van der Waals surface area contributed by atoms with Gasteiger partial charge in [0.15, 0.2) is 0 Å². The molecule has 1 amide bonds. The Morgan fingerprint density at radius 1 is 1.34 bits per heavy atom. The van der Waals surface area contributed by atoms with Crippen LogP contribution in [0.5, 0.6) is 5.75 Å². The molecule has 2 aromatic rings. The summed E-state index contributed by atoms with van der Waals surface area (Å²) in [7, 11) is 2.12. The van der Waals surface area contributed by atoms with Gasteiger partial charge in [-0.3, -0.25) is 9.38 Å². The van der Waals surface area contributed by atoms with Crippen molar-refractivity contribution in [2.45, 2.75) is 56.7 Å². The number of thiophene rings is 1. The van der Waals surface area contributed by atoms with Crippen LogP contribution in [0.4, 0.5) is 0 Å². The number of benzene rings is 1. The number of phenolic OH excluding ortho intramolecular Hbond substituents is 1. The lowest BCUT2D eigenvalue weighted by molar-refractivity contribution is -0.875. The topological polar surface area (TPSA) is 40.5 Å². The number of piperidine rings is 1. The van der Waals surface area contributed by atoms with Crippen LogP contribution >= 0.6 is 11.3 Å². The molecule has 1 saturated heterocycles. The first-order valence-electron chi connectivity index (χ1n) is 10.8. The number of likely N-dealkylation sites (N-methyl/N-ethyl adjacent to an activating group) is 1. The molecule has 0 spiro atoms. The molecule has 3 aliphatic rings. The maximum atomic E-state index is 12.7. The summed E-state index contributed by atoms with van der Waals surface area (Å²) >= 11 is 1.70. The maximum Gasteiger partial charge on any atom is 0.301 e. The third kappa shape index (κ3) is 3.24. The van der Waals surface area contributed by atoms with Crippen LogP contribution in [0.2, 0.25) is 0 Å². The van der Waals surface area contributed by atoms with Crippen molar-refractivity contribution in [1.29, 1.82) is 0 Å². The van der Waals surface area contributed by atoms with Crippen LogP contribution < -0.4 is 0 Å². The fourth-order valence-electron chi connectivity index (χ4n) is 6.23. The third-order valence-corrected chi connectivity index (χ3v) is 8.44. The lowest BCUT2D eigenvalue weighted by Gasteiger charge is -2.58. The van der Waals surface area contributed by atoms with Crippen molar-refractivity contribution in [2.75, 3.05) is 20.1 Å². The first-order chi connectivity index (χ1) is 13.9. The zero-order valence-corrected chi connectivity index (χ0v) is 18.2. The minimum atomic E-state index is -0.122. The summed E-state index contributed by atoms with van der Waals surface area (Å²) in [5, 5.41) is 14.5. The molecule has 4 unspecified atom stereocenters. The van der Waals surface area contributed by atoms with Gasteiger partial charge in [0.25, 0.3) is 0 Å². The average molecular weight is 412 g/mol. The number of carbonyl (C=O) groups excluding carboxylic acids is 1. The van der Waals surface area contributed by atoms with E-state index in [1.807, 2.05) is 12.1 Å². The molecular formula is C24H31N2O2S+. The van der Waals surface area contributed by atoms with E-state index in [1.165, 1.54) is 42.5 Å². The van der Waals surface area contributed by atoms with Gasteiger partial charge in [-0.25, -0.2) is 4.79 Å². The van der Waals surface area contributed by atoms with E-state index in [0.717, 1.165) is 31.8 Å². The predicted octanol–water partition coefficient (Wildman–Crippen LogP) is 3.92. The Kier molecular flexibility index (Phi) is 4.61. The van der Waals surface area contributed by atoms with Crippen molar-refractivity contribution in [2.24, 2.45) is 5.92 Å². The third-order valence-electron chi connectivity index (χ3n) is 7.71. The first kappa shape index (κ1) is 19.3.